The van der Waals surface area contributed by atoms with Crippen molar-refractivity contribution in [2.75, 3.05) is 27.2 Å². The monoisotopic (exact) mass is 329 g/mol. The number of aliphatic imine (C=N–C) groups is 1. The van der Waals surface area contributed by atoms with Crippen molar-refractivity contribution in [3.63, 3.8) is 0 Å². The van der Waals surface area contributed by atoms with Crippen LogP contribution in [-0.2, 0) is 4.74 Å². The van der Waals surface area contributed by atoms with Gasteiger partial charge in [-0.3, -0.25) is 9.36 Å². The minimum Gasteiger partial charge on any atom is -0.394 e. The van der Waals surface area contributed by atoms with Crippen molar-refractivity contribution in [3.05, 3.63) is 12.0 Å². The summed E-state index contributed by atoms with van der Waals surface area (Å²) < 4.78 is 20.8. The van der Waals surface area contributed by atoms with Crippen molar-refractivity contribution in [1.29, 1.82) is 0 Å². The first kappa shape index (κ1) is 17.5. The van der Waals surface area contributed by atoms with E-state index in [-0.39, 0.29) is 18.1 Å². The summed E-state index contributed by atoms with van der Waals surface area (Å²) in [7, 11) is 3.45. The van der Waals surface area contributed by atoms with Crippen LogP contribution in [0.25, 0.3) is 0 Å². The minimum atomic E-state index is -1.80. The number of ether oxygens (including phenoxy) is 1. The van der Waals surface area contributed by atoms with Gasteiger partial charge in [-0.15, -0.1) is 0 Å². The third-order valence-corrected chi connectivity index (χ3v) is 3.38. The summed E-state index contributed by atoms with van der Waals surface area (Å²) in [4.78, 5) is 21.5. The van der Waals surface area contributed by atoms with Gasteiger partial charge >= 0.3 is 0 Å². The molecule has 10 heteroatoms. The number of carbonyl (C=O) groups excluding carboxylic acids is 1. The maximum absolute atomic E-state index is 14.3. The molecule has 1 aromatic rings. The lowest BCUT2D eigenvalue weighted by atomic mass is 10.1. The van der Waals surface area contributed by atoms with Gasteiger partial charge in [-0.25, -0.2) is 14.4 Å². The Morgan fingerprint density at radius 3 is 2.87 bits per heavy atom. The fraction of sp³-hybridized carbons (Fsp3) is 0.615. The third kappa shape index (κ3) is 3.39. The van der Waals surface area contributed by atoms with Gasteiger partial charge in [0, 0.05) is 14.1 Å². The van der Waals surface area contributed by atoms with E-state index < -0.39 is 37.0 Å². The highest BCUT2D eigenvalue weighted by Gasteiger charge is 2.45. The van der Waals surface area contributed by atoms with E-state index in [9.17, 15) is 14.3 Å². The predicted octanol–water partition coefficient (Wildman–Crippen LogP) is -1.17. The molecule has 1 fully saturated rings. The number of hydrogen-bond acceptors (Lipinski definition) is 7. The molecule has 0 saturated carbocycles. The number of Topliss-reactive ketones (excluding diaryl/α,β-unsaturated/α-hetero) is 1. The van der Waals surface area contributed by atoms with E-state index in [1.54, 1.807) is 19.0 Å². The molecule has 2 rings (SSSR count). The molecule has 0 bridgehead atoms. The van der Waals surface area contributed by atoms with Crippen LogP contribution >= 0.6 is 0 Å². The first-order chi connectivity index (χ1) is 10.9. The van der Waals surface area contributed by atoms with E-state index in [0.717, 1.165) is 0 Å². The molecule has 0 aromatic carbocycles. The van der Waals surface area contributed by atoms with Crippen LogP contribution in [-0.4, -0.2) is 82.4 Å². The van der Waals surface area contributed by atoms with E-state index in [1.807, 2.05) is 0 Å². The van der Waals surface area contributed by atoms with Crippen LogP contribution in [0.5, 0.6) is 0 Å². The largest absolute Gasteiger partial charge is 0.394 e. The Hall–Kier alpha value is -1.88. The summed E-state index contributed by atoms with van der Waals surface area (Å²) in [6.45, 7) is -0.800. The Labute approximate surface area is 132 Å². The fourth-order valence-electron chi connectivity index (χ4n) is 2.21. The van der Waals surface area contributed by atoms with Crippen LogP contribution in [0.4, 0.5) is 10.2 Å². The van der Waals surface area contributed by atoms with Crippen molar-refractivity contribution in [2.24, 2.45) is 10.7 Å². The van der Waals surface area contributed by atoms with Gasteiger partial charge in [-0.05, 0) is 0 Å². The number of rotatable bonds is 6. The van der Waals surface area contributed by atoms with Gasteiger partial charge in [-0.2, -0.15) is 0 Å². The van der Waals surface area contributed by atoms with Gasteiger partial charge in [0.25, 0.3) is 0 Å². The van der Waals surface area contributed by atoms with Gasteiger partial charge in [-0.1, -0.05) is 0 Å². The molecule has 4 atom stereocenters. The average Bonchev–Trinajstić information content (AvgIpc) is 3.06. The van der Waals surface area contributed by atoms with Crippen LogP contribution in [0.1, 0.15) is 16.7 Å². The summed E-state index contributed by atoms with van der Waals surface area (Å²) in [6.07, 6.45) is -2.96. The highest BCUT2D eigenvalue weighted by molar-refractivity contribution is 5.99. The quantitative estimate of drug-likeness (QED) is 0.341. The van der Waals surface area contributed by atoms with Crippen molar-refractivity contribution in [1.82, 2.24) is 14.5 Å². The van der Waals surface area contributed by atoms with E-state index >= 15 is 0 Å². The minimum absolute atomic E-state index is 0.0108. The number of hydrogen-bond donors (Lipinski definition) is 3. The summed E-state index contributed by atoms with van der Waals surface area (Å²) in [5, 5.41) is 18.8. The summed E-state index contributed by atoms with van der Waals surface area (Å²) >= 11 is 0. The lowest BCUT2D eigenvalue weighted by Crippen LogP contribution is -2.30. The first-order valence-corrected chi connectivity index (χ1v) is 6.99. The number of nitrogens with two attached hydrogens (primary N) is 1. The number of aliphatic hydroxyl groups is 2. The Bertz CT molecular complexity index is 591. The normalized spacial score (nSPS) is 27.7. The summed E-state index contributed by atoms with van der Waals surface area (Å²) in [6, 6.07) is 0. The number of nitrogens with zero attached hydrogens (tertiary/aromatic N) is 4. The van der Waals surface area contributed by atoms with Crippen molar-refractivity contribution >= 4 is 17.9 Å². The van der Waals surface area contributed by atoms with Gasteiger partial charge in [0.2, 0.25) is 0 Å². The fourth-order valence-corrected chi connectivity index (χ4v) is 2.21. The maximum Gasteiger partial charge on any atom is 0.198 e. The Balaban J connectivity index is 2.42. The Morgan fingerprint density at radius 2 is 2.35 bits per heavy atom. The molecule has 1 aliphatic rings. The van der Waals surface area contributed by atoms with Gasteiger partial charge < -0.3 is 25.6 Å². The van der Waals surface area contributed by atoms with Crippen molar-refractivity contribution < 1.29 is 24.1 Å². The average molecular weight is 329 g/mol. The van der Waals surface area contributed by atoms with Crippen LogP contribution < -0.4 is 5.73 Å². The maximum atomic E-state index is 14.3. The lowest BCUT2D eigenvalue weighted by Gasteiger charge is -2.16. The number of aromatic nitrogens is 2. The van der Waals surface area contributed by atoms with E-state index in [0.29, 0.717) is 0 Å². The van der Waals surface area contributed by atoms with Crippen LogP contribution in [0.2, 0.25) is 0 Å². The van der Waals surface area contributed by atoms with Crippen LogP contribution in [0, 0.1) is 0 Å². The molecule has 128 valence electrons. The molecule has 0 aliphatic carbocycles. The standard InChI is InChI=1S/C13H20FN5O4/c1-18(2)5-17-12-10(7(21)3-15)16-6-19(12)13-9(14)11(22)8(4-20)23-13/h5-6,8-9,11,13,20,22H,3-4,15H2,1-2H3/b17-5+/t8-,9-,11-,13-/m1/s1. The second kappa shape index (κ2) is 7.13. The molecule has 23 heavy (non-hydrogen) atoms. The Kier molecular flexibility index (Phi) is 5.42. The zero-order chi connectivity index (χ0) is 17.1. The molecule has 0 unspecified atom stereocenters. The number of imidazole rings is 1. The number of aliphatic hydroxyl groups excluding tert-OH is 2. The second-order valence-electron chi connectivity index (χ2n) is 5.34. The topological polar surface area (TPSA) is 126 Å². The molecular formula is C13H20FN5O4. The van der Waals surface area contributed by atoms with Gasteiger partial charge in [0.1, 0.15) is 12.2 Å². The van der Waals surface area contributed by atoms with E-state index in [2.05, 4.69) is 9.98 Å². The zero-order valence-electron chi connectivity index (χ0n) is 12.8. The van der Waals surface area contributed by atoms with E-state index in [1.165, 1.54) is 17.2 Å². The van der Waals surface area contributed by atoms with Gasteiger partial charge in [0.05, 0.1) is 25.8 Å². The Morgan fingerprint density at radius 1 is 1.65 bits per heavy atom. The number of alkyl halides is 1. The predicted molar refractivity (Wildman–Crippen MR) is 79.3 cm³/mol. The molecule has 1 aromatic heterocycles. The molecule has 1 saturated heterocycles. The molecule has 1 aliphatic heterocycles. The first-order valence-electron chi connectivity index (χ1n) is 6.99. The van der Waals surface area contributed by atoms with Crippen LogP contribution in [0.15, 0.2) is 11.3 Å². The third-order valence-electron chi connectivity index (χ3n) is 3.38. The SMILES string of the molecule is CN(C)/C=N/c1c(C(=O)CN)ncn1[C@@H]1O[C@H](CO)[C@@H](O)[C@H]1F. The molecular weight excluding hydrogens is 309 g/mol. The van der Waals surface area contributed by atoms with Crippen LogP contribution in [0.3, 0.4) is 0 Å². The molecule has 0 amide bonds. The van der Waals surface area contributed by atoms with Crippen molar-refractivity contribution in [2.45, 2.75) is 24.6 Å². The molecule has 0 spiro atoms. The highest BCUT2D eigenvalue weighted by atomic mass is 19.1. The lowest BCUT2D eigenvalue weighted by molar-refractivity contribution is -0.0466. The summed E-state index contributed by atoms with van der Waals surface area (Å²) in [5.74, 6) is -0.380. The number of carbonyl (C=O) groups is 1. The zero-order valence-corrected chi connectivity index (χ0v) is 12.8. The highest BCUT2D eigenvalue weighted by Crippen LogP contribution is 2.35. The molecule has 4 N–H and O–H groups in total. The smallest absolute Gasteiger partial charge is 0.198 e. The van der Waals surface area contributed by atoms with Gasteiger partial charge in [0.15, 0.2) is 29.7 Å². The van der Waals surface area contributed by atoms with Crippen molar-refractivity contribution in [3.8, 4) is 0 Å². The van der Waals surface area contributed by atoms with E-state index in [4.69, 9.17) is 15.6 Å². The molecule has 2 heterocycles. The molecule has 9 nitrogen and oxygen atoms in total. The molecule has 0 radical (unpaired) electrons. The number of halogens is 1. The second-order valence-corrected chi connectivity index (χ2v) is 5.34. The summed E-state index contributed by atoms with van der Waals surface area (Å²) in [5.41, 5.74) is 5.33. The number of ketones is 1.